The van der Waals surface area contributed by atoms with E-state index in [0.717, 1.165) is 75.0 Å². The minimum Gasteiger partial charge on any atom is -0.443 e. The van der Waals surface area contributed by atoms with Crippen LogP contribution in [0.5, 0.6) is 0 Å². The summed E-state index contributed by atoms with van der Waals surface area (Å²) in [5.41, 5.74) is 11.3. The predicted molar refractivity (Wildman–Crippen MR) is 501 cm³/mol. The third kappa shape index (κ3) is 20.8. The molecule has 7 aromatic rings. The molecule has 0 bridgehead atoms. The first-order chi connectivity index (χ1) is 58.7. The highest BCUT2D eigenvalue weighted by Gasteiger charge is 2.56. The highest BCUT2D eigenvalue weighted by atomic mass is 127. The Kier molecular flexibility index (Phi) is 31.7. The molecule has 9 heterocycles. The second-order valence-electron chi connectivity index (χ2n) is 34.2. The summed E-state index contributed by atoms with van der Waals surface area (Å²) in [5, 5.41) is 5.72. The van der Waals surface area contributed by atoms with Gasteiger partial charge < -0.3 is 44.2 Å². The van der Waals surface area contributed by atoms with Crippen molar-refractivity contribution in [1.82, 2.24) is 10.2 Å². The van der Waals surface area contributed by atoms with Crippen LogP contribution in [-0.2, 0) is 66.3 Å². The SMILES string of the molecule is C=C1SC(C)=NC2(c3cc(C)ccc3F)COC[C@H]12.C=C1SC(N(C(=O)OC(C)(C)C)C(=O)c2ccccc2)=NC2(c3cc(C)ccc3F)COC[C@H]12.C=C[C@H]1COCC1(C)c1cc(C)ccc1F.C=C[C@H]1COCC1(N)c1cc(C)ccc1F.C=C[C@H]1COCC1(NC(C)=S)c1cc(C)ccc1F.CC1=NC2(c3cc(C)ccc3F)COC[C@@H]2C(CI)S1. The van der Waals surface area contributed by atoms with Crippen molar-refractivity contribution in [3.05, 3.63) is 308 Å². The lowest BCUT2D eigenvalue weighted by atomic mass is 9.73. The van der Waals surface area contributed by atoms with Crippen molar-refractivity contribution in [2.45, 2.75) is 134 Å². The van der Waals surface area contributed by atoms with Crippen LogP contribution in [0.1, 0.15) is 126 Å². The zero-order chi connectivity index (χ0) is 90.2. The van der Waals surface area contributed by atoms with Crippen LogP contribution in [0.25, 0.3) is 0 Å². The number of benzene rings is 7. The van der Waals surface area contributed by atoms with Crippen LogP contribution in [0.2, 0.25) is 0 Å². The molecule has 0 aromatic heterocycles. The molecule has 0 radical (unpaired) electrons. The molecule has 6 fully saturated rings. The summed E-state index contributed by atoms with van der Waals surface area (Å²) in [6.45, 7) is 49.8. The molecule has 13 atom stereocenters. The Morgan fingerprint density at radius 2 is 0.935 bits per heavy atom. The number of carbonyl (C=O) groups is 2. The number of hydrogen-bond donors (Lipinski definition) is 2. The van der Waals surface area contributed by atoms with E-state index in [0.29, 0.717) is 121 Å². The lowest BCUT2D eigenvalue weighted by Crippen LogP contribution is -2.50. The molecule has 0 saturated carbocycles. The molecular formula is C98H111F6IN6O9S4. The molecule has 7 unspecified atom stereocenters. The Morgan fingerprint density at radius 3 is 1.44 bits per heavy atom. The van der Waals surface area contributed by atoms with Crippen molar-refractivity contribution in [3.63, 3.8) is 0 Å². The summed E-state index contributed by atoms with van der Waals surface area (Å²) < 4.78 is 126. The number of ether oxygens (including phenoxy) is 7. The molecule has 16 rings (SSSR count). The van der Waals surface area contributed by atoms with Crippen molar-refractivity contribution in [2.75, 3.05) is 83.7 Å². The molecule has 9 aliphatic rings. The number of imide groups is 1. The third-order valence-corrected chi connectivity index (χ3v) is 28.7. The highest BCUT2D eigenvalue weighted by Crippen LogP contribution is 2.54. The second kappa shape index (κ2) is 40.6. The molecule has 7 aromatic carbocycles. The van der Waals surface area contributed by atoms with Crippen LogP contribution >= 0.6 is 70.1 Å². The summed E-state index contributed by atoms with van der Waals surface area (Å²) in [7, 11) is 0. The van der Waals surface area contributed by atoms with Gasteiger partial charge in [0.15, 0.2) is 5.17 Å². The van der Waals surface area contributed by atoms with Crippen molar-refractivity contribution in [3.8, 4) is 0 Å². The standard InChI is InChI=1S/C26H27FN2O4S.C15H17FINOS.C15H16FNOS.C15H18FNOS.C14H17FO.C13H16FNO/c1-16-11-12-21(27)19(13-16)26-15-32-14-20(26)17(2)34-23(28-26)29(24(31)33-25(3,4)5)22(30)18-9-7-6-8-10-18;1-9-3-4-13(16)11(5-9)15-8-19-7-12(15)14(6-17)20-10(2)18-15;1-9-4-5-14(16)12(6-9)15-8-18-7-13(15)10(2)19-11(3)17-15;1-4-12-8-18-9-15(12,17-11(3)19)13-7-10(2)5-6-14(13)16;1-4-11-8-16-9-14(11,3)12-7-10(2)5-6-13(12)15;1-3-10-7-16-8-13(10,15)11-6-9(2)4-5-12(11)14/h6-13,20H,2,14-15H2,1,3-5H3;3-5,12,14H,6-8H2,1-2H3;4-6,13H,2,7-8H2,1,3H3;4-7,12H,1,8-9H2,2-3H3,(H,17,19);4-7,11H,1,8-9H2,2-3H3;3-6,10H,1,7-8,15H2,2H3/t20-,26?;12-,14?,15?;13-,15?;12-,15?;11-,14?;10-,13?/m111000/s1. The van der Waals surface area contributed by atoms with Gasteiger partial charge in [0.1, 0.15) is 57.1 Å². The number of fused-ring (bicyclic) bond motifs is 3. The summed E-state index contributed by atoms with van der Waals surface area (Å²) in [4.78, 5) is 44.5. The highest BCUT2D eigenvalue weighted by molar-refractivity contribution is 14.1. The van der Waals surface area contributed by atoms with Gasteiger partial charge in [-0.05, 0) is 147 Å². The first kappa shape index (κ1) is 96.8. The summed E-state index contributed by atoms with van der Waals surface area (Å²) in [5.74, 6) is -1.93. The molecule has 6 saturated heterocycles. The van der Waals surface area contributed by atoms with Gasteiger partial charge in [0.25, 0.3) is 5.91 Å². The van der Waals surface area contributed by atoms with E-state index in [1.54, 1.807) is 142 Å². The predicted octanol–water partition coefficient (Wildman–Crippen LogP) is 21.7. The van der Waals surface area contributed by atoms with Crippen LogP contribution in [0.4, 0.5) is 31.1 Å². The fourth-order valence-corrected chi connectivity index (χ4v) is 21.9. The number of amides is 2. The number of nitrogens with two attached hydrogens (primary N) is 1. The van der Waals surface area contributed by atoms with E-state index < -0.39 is 51.1 Å². The monoisotopic (exact) mass is 1880 g/mol. The van der Waals surface area contributed by atoms with Gasteiger partial charge in [0, 0.05) is 84.0 Å². The fraction of sp³-hybridized carbons (Fsp3) is 0.408. The van der Waals surface area contributed by atoms with Crippen LogP contribution < -0.4 is 11.1 Å². The summed E-state index contributed by atoms with van der Waals surface area (Å²) in [6, 6.07) is 39.1. The van der Waals surface area contributed by atoms with E-state index in [9.17, 15) is 31.5 Å². The maximum atomic E-state index is 15.1. The second-order valence-corrected chi connectivity index (χ2v) is 39.5. The van der Waals surface area contributed by atoms with Gasteiger partial charge in [-0.25, -0.2) is 36.1 Å². The number of amidine groups is 1. The van der Waals surface area contributed by atoms with Gasteiger partial charge >= 0.3 is 6.09 Å². The Hall–Kier alpha value is -7.84. The number of alkyl halides is 1. The van der Waals surface area contributed by atoms with E-state index in [1.165, 1.54) is 30.3 Å². The van der Waals surface area contributed by atoms with E-state index in [2.05, 4.69) is 60.8 Å². The first-order valence-corrected chi connectivity index (χ1v) is 45.5. The Labute approximate surface area is 757 Å². The maximum Gasteiger partial charge on any atom is 0.423 e. The molecule has 9 aliphatic heterocycles. The number of halogens is 7. The number of hydrogen-bond acceptors (Lipinski definition) is 17. The zero-order valence-electron chi connectivity index (χ0n) is 72.6. The number of thioether (sulfide) groups is 3. The maximum absolute atomic E-state index is 15.1. The van der Waals surface area contributed by atoms with Gasteiger partial charge in [-0.15, -0.1) is 31.5 Å². The average molecular weight is 1890 g/mol. The number of nitrogens with one attached hydrogen (secondary N) is 1. The van der Waals surface area contributed by atoms with E-state index in [4.69, 9.17) is 66.1 Å². The number of rotatable bonds is 12. The van der Waals surface area contributed by atoms with Crippen molar-refractivity contribution in [1.29, 1.82) is 0 Å². The molecule has 0 aliphatic carbocycles. The lowest BCUT2D eigenvalue weighted by molar-refractivity contribution is 0.0352. The first-order valence-electron chi connectivity index (χ1n) is 41.1. The van der Waals surface area contributed by atoms with Crippen molar-refractivity contribution < 1.29 is 69.1 Å². The molecule has 660 valence electrons. The largest absolute Gasteiger partial charge is 0.443 e. The topological polar surface area (TPSA) is 177 Å². The smallest absolute Gasteiger partial charge is 0.423 e. The zero-order valence-corrected chi connectivity index (χ0v) is 78.0. The average Bonchev–Trinajstić information content (AvgIpc) is 1.54. The minimum absolute atomic E-state index is 0.0123. The van der Waals surface area contributed by atoms with Crippen LogP contribution in [0, 0.1) is 112 Å². The molecule has 0 spiro atoms. The quantitative estimate of drug-likeness (QED) is 0.0388. The van der Waals surface area contributed by atoms with E-state index in [-0.39, 0.29) is 81.8 Å². The van der Waals surface area contributed by atoms with Gasteiger partial charge in [-0.3, -0.25) is 14.8 Å². The number of aliphatic imine (C=N–C) groups is 3. The molecule has 2 amide bonds. The van der Waals surface area contributed by atoms with Crippen LogP contribution in [0.3, 0.4) is 0 Å². The summed E-state index contributed by atoms with van der Waals surface area (Å²) in [6.07, 6.45) is 4.56. The third-order valence-electron chi connectivity index (χ3n) is 23.9. The number of thiocarbonyl (C=S) groups is 1. The van der Waals surface area contributed by atoms with Crippen molar-refractivity contribution in [2.24, 2.45) is 56.2 Å². The van der Waals surface area contributed by atoms with Crippen LogP contribution in [0.15, 0.2) is 215 Å². The molecule has 124 heavy (non-hydrogen) atoms. The molecule has 3 N–H and O–H groups in total. The molecule has 15 nitrogen and oxygen atoms in total. The molecular weight excluding hydrogens is 1770 g/mol. The van der Waals surface area contributed by atoms with Gasteiger partial charge in [-0.2, -0.15) is 4.90 Å². The van der Waals surface area contributed by atoms with Gasteiger partial charge in [0.05, 0.1) is 105 Å². The number of aryl methyl sites for hydroxylation is 6. The van der Waals surface area contributed by atoms with Crippen molar-refractivity contribution >= 4 is 102 Å². The Morgan fingerprint density at radius 1 is 0.532 bits per heavy atom. The number of nitrogens with zero attached hydrogens (tertiary/aromatic N) is 4. The number of carbonyl (C=O) groups excluding carboxylic acids is 2. The van der Waals surface area contributed by atoms with Crippen LogP contribution in [-0.4, -0.2) is 132 Å². The van der Waals surface area contributed by atoms with E-state index >= 15 is 4.39 Å². The van der Waals surface area contributed by atoms with Gasteiger partial charge in [-0.1, -0.05) is 221 Å². The molecule has 26 heteroatoms. The Balaban J connectivity index is 0.000000148. The van der Waals surface area contributed by atoms with Gasteiger partial charge in [0.2, 0.25) is 0 Å². The minimum atomic E-state index is -1.15. The summed E-state index contributed by atoms with van der Waals surface area (Å²) >= 11 is 12.1. The normalized spacial score (nSPS) is 27.6. The lowest BCUT2D eigenvalue weighted by Gasteiger charge is -2.39. The van der Waals surface area contributed by atoms with E-state index in [1.807, 2.05) is 98.7 Å². The fourth-order valence-electron chi connectivity index (χ4n) is 17.3. The Bertz CT molecular complexity index is 5210.